The smallest absolute Gasteiger partial charge is 0.237 e. The molecule has 0 radical (unpaired) electrons. The van der Waals surface area contributed by atoms with Crippen molar-refractivity contribution in [3.63, 3.8) is 0 Å². The molecule has 1 aromatic carbocycles. The van der Waals surface area contributed by atoms with Gasteiger partial charge in [0.05, 0.1) is 22.4 Å². The maximum Gasteiger partial charge on any atom is 0.237 e. The number of carbonyl (C=O) groups is 1. The molecule has 0 aliphatic heterocycles. The highest BCUT2D eigenvalue weighted by Crippen LogP contribution is 2.29. The Hall–Kier alpha value is -1.17. The zero-order chi connectivity index (χ0) is 16.1. The summed E-state index contributed by atoms with van der Waals surface area (Å²) in [4.78, 5) is 13.5. The molecule has 0 aliphatic carbocycles. The Balaban J connectivity index is 1.95. The zero-order valence-corrected chi connectivity index (χ0v) is 15.1. The van der Waals surface area contributed by atoms with Crippen molar-refractivity contribution in [1.29, 1.82) is 0 Å². The minimum atomic E-state index is -0.161. The minimum Gasteiger partial charge on any atom is -0.495 e. The zero-order valence-electron chi connectivity index (χ0n) is 12.7. The molecule has 1 amide bonds. The first-order chi connectivity index (χ1) is 10.5. The molecule has 22 heavy (non-hydrogen) atoms. The molecule has 0 saturated heterocycles. The highest BCUT2D eigenvalue weighted by Gasteiger charge is 2.16. The second-order valence-electron chi connectivity index (χ2n) is 4.85. The Morgan fingerprint density at radius 1 is 1.41 bits per heavy atom. The third-order valence-corrected chi connectivity index (χ3v) is 5.69. The summed E-state index contributed by atoms with van der Waals surface area (Å²) in [5.74, 6) is 1.41. The van der Waals surface area contributed by atoms with E-state index in [9.17, 15) is 4.79 Å². The Morgan fingerprint density at radius 3 is 2.82 bits per heavy atom. The van der Waals surface area contributed by atoms with Crippen molar-refractivity contribution in [2.75, 3.05) is 12.4 Å². The molecular weight excluding hydrogens is 338 g/mol. The van der Waals surface area contributed by atoms with Gasteiger partial charge in [0.25, 0.3) is 0 Å². The van der Waals surface area contributed by atoms with Crippen LogP contribution in [0, 0.1) is 6.92 Å². The number of rotatable bonds is 6. The number of amides is 1. The monoisotopic (exact) mass is 355 g/mol. The first-order valence-corrected chi connectivity index (χ1v) is 9.05. The normalized spacial score (nSPS) is 12.0. The minimum absolute atomic E-state index is 0.0310. The molecule has 3 nitrogen and oxygen atoms in total. The van der Waals surface area contributed by atoms with E-state index in [-0.39, 0.29) is 11.2 Å². The van der Waals surface area contributed by atoms with Gasteiger partial charge in [-0.25, -0.2) is 0 Å². The number of hydrogen-bond donors (Lipinski definition) is 1. The molecule has 6 heteroatoms. The van der Waals surface area contributed by atoms with Gasteiger partial charge in [-0.05, 0) is 43.7 Å². The first kappa shape index (κ1) is 17.2. The summed E-state index contributed by atoms with van der Waals surface area (Å²) in [6.45, 7) is 3.88. The number of thioether (sulfide) groups is 1. The molecule has 0 saturated carbocycles. The van der Waals surface area contributed by atoms with E-state index in [1.165, 1.54) is 4.88 Å². The van der Waals surface area contributed by atoms with Crippen LogP contribution in [0.2, 0.25) is 4.34 Å². The third kappa shape index (κ3) is 4.66. The summed E-state index contributed by atoms with van der Waals surface area (Å²) in [7, 11) is 1.60. The second kappa shape index (κ2) is 7.90. The molecule has 0 spiro atoms. The lowest BCUT2D eigenvalue weighted by Gasteiger charge is -2.14. The van der Waals surface area contributed by atoms with E-state index in [1.54, 1.807) is 30.2 Å². The van der Waals surface area contributed by atoms with Crippen molar-refractivity contribution in [2.24, 2.45) is 0 Å². The van der Waals surface area contributed by atoms with Crippen LogP contribution in [0.4, 0.5) is 5.69 Å². The average Bonchev–Trinajstić information content (AvgIpc) is 2.90. The number of nitrogens with one attached hydrogen (secondary N) is 1. The number of carbonyl (C=O) groups excluding carboxylic acids is 1. The number of thiophene rings is 1. The third-order valence-electron chi connectivity index (χ3n) is 3.09. The van der Waals surface area contributed by atoms with E-state index < -0.39 is 0 Å². The fourth-order valence-corrected chi connectivity index (χ4v) is 3.91. The summed E-state index contributed by atoms with van der Waals surface area (Å²) in [6.07, 6.45) is 0. The van der Waals surface area contributed by atoms with Gasteiger partial charge in [0.15, 0.2) is 0 Å². The van der Waals surface area contributed by atoms with Crippen LogP contribution in [0.3, 0.4) is 0 Å². The van der Waals surface area contributed by atoms with Gasteiger partial charge >= 0.3 is 0 Å². The number of methoxy groups -OCH3 is 1. The average molecular weight is 356 g/mol. The van der Waals surface area contributed by atoms with Crippen LogP contribution in [0.15, 0.2) is 30.3 Å². The van der Waals surface area contributed by atoms with Crippen molar-refractivity contribution in [1.82, 2.24) is 0 Å². The van der Waals surface area contributed by atoms with E-state index in [0.717, 1.165) is 15.7 Å². The van der Waals surface area contributed by atoms with Gasteiger partial charge in [-0.2, -0.15) is 0 Å². The van der Waals surface area contributed by atoms with Crippen molar-refractivity contribution in [3.05, 3.63) is 45.1 Å². The lowest BCUT2D eigenvalue weighted by Crippen LogP contribution is -2.22. The number of aryl methyl sites for hydroxylation is 1. The van der Waals surface area contributed by atoms with Gasteiger partial charge in [0.2, 0.25) is 5.91 Å². The van der Waals surface area contributed by atoms with Crippen LogP contribution >= 0.6 is 34.7 Å². The molecule has 0 aliphatic rings. The molecule has 1 heterocycles. The Labute approximate surface area is 144 Å². The molecule has 1 N–H and O–H groups in total. The van der Waals surface area contributed by atoms with E-state index in [1.807, 2.05) is 44.2 Å². The second-order valence-corrected chi connectivity index (χ2v) is 7.98. The van der Waals surface area contributed by atoms with Crippen LogP contribution in [0.1, 0.15) is 17.4 Å². The summed E-state index contributed by atoms with van der Waals surface area (Å²) in [5, 5.41) is 2.78. The van der Waals surface area contributed by atoms with Gasteiger partial charge in [-0.15, -0.1) is 23.1 Å². The van der Waals surface area contributed by atoms with Gasteiger partial charge in [0.1, 0.15) is 5.75 Å². The quantitative estimate of drug-likeness (QED) is 0.794. The van der Waals surface area contributed by atoms with Gasteiger partial charge in [-0.3, -0.25) is 4.79 Å². The van der Waals surface area contributed by atoms with Crippen LogP contribution in [-0.4, -0.2) is 18.3 Å². The van der Waals surface area contributed by atoms with E-state index in [4.69, 9.17) is 16.3 Å². The summed E-state index contributed by atoms with van der Waals surface area (Å²) in [6, 6.07) is 9.59. The van der Waals surface area contributed by atoms with Crippen molar-refractivity contribution in [3.8, 4) is 5.75 Å². The summed E-state index contributed by atoms with van der Waals surface area (Å²) < 4.78 is 6.05. The summed E-state index contributed by atoms with van der Waals surface area (Å²) in [5.41, 5.74) is 1.78. The molecule has 0 fully saturated rings. The Kier molecular flexibility index (Phi) is 6.17. The predicted molar refractivity (Wildman–Crippen MR) is 96.4 cm³/mol. The lowest BCUT2D eigenvalue weighted by molar-refractivity contribution is -0.115. The standard InChI is InChI=1S/C16H18ClNO2S2/c1-10-4-6-14(20-3)13(8-10)18-16(19)11(2)21-9-12-5-7-15(17)22-12/h4-8,11H,9H2,1-3H3,(H,18,19). The van der Waals surface area contributed by atoms with Gasteiger partial charge < -0.3 is 10.1 Å². The number of halogens is 1. The number of anilines is 1. The molecule has 2 aromatic rings. The first-order valence-electron chi connectivity index (χ1n) is 6.81. The maximum atomic E-state index is 12.3. The number of hydrogen-bond acceptors (Lipinski definition) is 4. The van der Waals surface area contributed by atoms with E-state index in [0.29, 0.717) is 11.4 Å². The predicted octanol–water partition coefficient (Wildman–Crippen LogP) is 4.98. The van der Waals surface area contributed by atoms with Gasteiger partial charge in [0, 0.05) is 10.6 Å². The van der Waals surface area contributed by atoms with Crippen molar-refractivity contribution < 1.29 is 9.53 Å². The highest BCUT2D eigenvalue weighted by atomic mass is 35.5. The fraction of sp³-hybridized carbons (Fsp3) is 0.312. The molecule has 0 bridgehead atoms. The Bertz CT molecular complexity index is 657. The molecule has 1 unspecified atom stereocenters. The highest BCUT2D eigenvalue weighted by molar-refractivity contribution is 7.99. The summed E-state index contributed by atoms with van der Waals surface area (Å²) >= 11 is 9.04. The maximum absolute atomic E-state index is 12.3. The van der Waals surface area contributed by atoms with Gasteiger partial charge in [-0.1, -0.05) is 17.7 Å². The van der Waals surface area contributed by atoms with Crippen molar-refractivity contribution in [2.45, 2.75) is 24.9 Å². The topological polar surface area (TPSA) is 38.3 Å². The molecule has 1 atom stereocenters. The largest absolute Gasteiger partial charge is 0.495 e. The van der Waals surface area contributed by atoms with Crippen LogP contribution in [0.25, 0.3) is 0 Å². The number of benzene rings is 1. The Morgan fingerprint density at radius 2 is 2.18 bits per heavy atom. The van der Waals surface area contributed by atoms with E-state index >= 15 is 0 Å². The van der Waals surface area contributed by atoms with Crippen LogP contribution in [0.5, 0.6) is 5.75 Å². The lowest BCUT2D eigenvalue weighted by atomic mass is 10.2. The van der Waals surface area contributed by atoms with Crippen molar-refractivity contribution >= 4 is 46.3 Å². The molecule has 1 aromatic heterocycles. The SMILES string of the molecule is COc1ccc(C)cc1NC(=O)C(C)SCc1ccc(Cl)s1. The number of ether oxygens (including phenoxy) is 1. The molecule has 2 rings (SSSR count). The van der Waals surface area contributed by atoms with Crippen LogP contribution < -0.4 is 10.1 Å². The fourth-order valence-electron chi connectivity index (χ4n) is 1.87. The molecule has 118 valence electrons. The molecular formula is C16H18ClNO2S2. The van der Waals surface area contributed by atoms with Crippen LogP contribution in [-0.2, 0) is 10.5 Å². The van der Waals surface area contributed by atoms with E-state index in [2.05, 4.69) is 5.32 Å².